The van der Waals surface area contributed by atoms with Crippen molar-refractivity contribution in [2.75, 3.05) is 0 Å². The van der Waals surface area contributed by atoms with E-state index in [0.29, 0.717) is 5.92 Å². The van der Waals surface area contributed by atoms with Gasteiger partial charge in [0.05, 0.1) is 0 Å². The predicted molar refractivity (Wildman–Crippen MR) is 91.3 cm³/mol. The van der Waals surface area contributed by atoms with Crippen LogP contribution in [0.5, 0.6) is 5.75 Å². The van der Waals surface area contributed by atoms with Gasteiger partial charge < -0.3 is 10.5 Å². The summed E-state index contributed by atoms with van der Waals surface area (Å²) in [7, 11) is 0. The second-order valence-electron chi connectivity index (χ2n) is 6.04. The van der Waals surface area contributed by atoms with E-state index < -0.39 is 0 Å². The summed E-state index contributed by atoms with van der Waals surface area (Å²) in [6, 6.07) is 8.40. The molecule has 2 N–H and O–H groups in total. The average molecular weight is 303 g/mol. The topological polar surface area (TPSA) is 35.2 Å². The Labute approximate surface area is 132 Å². The van der Waals surface area contributed by atoms with Crippen molar-refractivity contribution in [3.8, 4) is 5.75 Å². The molecule has 2 unspecified atom stereocenters. The third-order valence-electron chi connectivity index (χ3n) is 3.76. The van der Waals surface area contributed by atoms with E-state index in [9.17, 15) is 0 Å². The Morgan fingerprint density at radius 3 is 2.24 bits per heavy atom. The van der Waals surface area contributed by atoms with E-state index in [1.54, 1.807) is 11.3 Å². The first-order valence-electron chi connectivity index (χ1n) is 7.47. The van der Waals surface area contributed by atoms with Crippen molar-refractivity contribution in [2.45, 2.75) is 52.7 Å². The van der Waals surface area contributed by atoms with Gasteiger partial charge in [-0.1, -0.05) is 19.9 Å². The van der Waals surface area contributed by atoms with Crippen molar-refractivity contribution in [3.05, 3.63) is 51.2 Å². The van der Waals surface area contributed by atoms with Crippen LogP contribution in [0.2, 0.25) is 0 Å². The van der Waals surface area contributed by atoms with Gasteiger partial charge in [-0.25, -0.2) is 0 Å². The Kier molecular flexibility index (Phi) is 5.07. The van der Waals surface area contributed by atoms with Crippen molar-refractivity contribution in [1.29, 1.82) is 0 Å². The lowest BCUT2D eigenvalue weighted by atomic mass is 9.98. The molecule has 0 bridgehead atoms. The van der Waals surface area contributed by atoms with Crippen molar-refractivity contribution < 1.29 is 4.74 Å². The second kappa shape index (κ2) is 6.63. The Morgan fingerprint density at radius 1 is 1.05 bits per heavy atom. The summed E-state index contributed by atoms with van der Waals surface area (Å²) in [6.07, 6.45) is -0.0886. The monoisotopic (exact) mass is 303 g/mol. The summed E-state index contributed by atoms with van der Waals surface area (Å²) in [6.45, 7) is 10.7. The summed E-state index contributed by atoms with van der Waals surface area (Å²) in [4.78, 5) is 1.22. The van der Waals surface area contributed by atoms with Crippen LogP contribution in [0.15, 0.2) is 29.6 Å². The predicted octanol–water partition coefficient (Wildman–Crippen LogP) is 4.96. The number of hydrogen-bond acceptors (Lipinski definition) is 3. The number of benzene rings is 1. The molecule has 1 heterocycles. The first-order chi connectivity index (χ1) is 9.90. The maximum absolute atomic E-state index is 6.20. The minimum absolute atomic E-state index is 0.0487. The first kappa shape index (κ1) is 16.1. The van der Waals surface area contributed by atoms with Gasteiger partial charge in [0.25, 0.3) is 0 Å². The molecule has 0 fully saturated rings. The third kappa shape index (κ3) is 3.66. The number of ether oxygens (including phenoxy) is 1. The maximum atomic E-state index is 6.20. The van der Waals surface area contributed by atoms with E-state index in [4.69, 9.17) is 10.5 Å². The summed E-state index contributed by atoms with van der Waals surface area (Å²) >= 11 is 1.71. The van der Waals surface area contributed by atoms with E-state index >= 15 is 0 Å². The highest BCUT2D eigenvalue weighted by Gasteiger charge is 2.21. The lowest BCUT2D eigenvalue weighted by Gasteiger charge is -2.23. The fourth-order valence-corrected chi connectivity index (χ4v) is 3.66. The molecule has 0 spiro atoms. The second-order valence-corrected chi connectivity index (χ2v) is 6.99. The van der Waals surface area contributed by atoms with Gasteiger partial charge in [0.15, 0.2) is 0 Å². The minimum atomic E-state index is -0.0886. The number of hydrogen-bond donors (Lipinski definition) is 1. The van der Waals surface area contributed by atoms with Gasteiger partial charge in [0, 0.05) is 10.9 Å². The molecule has 1 aromatic carbocycles. The lowest BCUT2D eigenvalue weighted by Crippen LogP contribution is -2.28. The smallest absolute Gasteiger partial charge is 0.148 e. The van der Waals surface area contributed by atoms with Crippen molar-refractivity contribution in [3.63, 3.8) is 0 Å². The zero-order valence-corrected chi connectivity index (χ0v) is 14.3. The number of thiophene rings is 1. The molecule has 2 atom stereocenters. The van der Waals surface area contributed by atoms with Crippen molar-refractivity contribution in [1.82, 2.24) is 0 Å². The Bertz CT molecular complexity index is 601. The van der Waals surface area contributed by atoms with Gasteiger partial charge in [-0.3, -0.25) is 0 Å². The molecule has 0 saturated carbocycles. The van der Waals surface area contributed by atoms with Crippen LogP contribution in [0.3, 0.4) is 0 Å². The average Bonchev–Trinajstić information content (AvgIpc) is 2.81. The fraction of sp³-hybridized carbons (Fsp3) is 0.444. The molecular formula is C18H25NOS. The number of nitrogens with two attached hydrogens (primary N) is 1. The molecule has 0 radical (unpaired) electrons. The van der Waals surface area contributed by atoms with Gasteiger partial charge in [-0.15, -0.1) is 11.3 Å². The molecule has 3 heteroatoms. The van der Waals surface area contributed by atoms with E-state index in [-0.39, 0.29) is 12.1 Å². The van der Waals surface area contributed by atoms with Crippen LogP contribution >= 0.6 is 11.3 Å². The van der Waals surface area contributed by atoms with E-state index in [1.165, 1.54) is 21.6 Å². The minimum Gasteiger partial charge on any atom is -0.483 e. The standard InChI is InChI=1S/C18H25NOS/c1-11(2)16-7-6-15(10-13(16)4)20-17(14(5)19)18-12(3)8-9-21-18/h6-11,14,17H,19H2,1-5H3. The quantitative estimate of drug-likeness (QED) is 0.847. The highest BCUT2D eigenvalue weighted by Crippen LogP contribution is 2.32. The molecule has 0 aliphatic rings. The van der Waals surface area contributed by atoms with Crippen LogP contribution in [0, 0.1) is 13.8 Å². The molecule has 0 aliphatic heterocycles. The molecule has 2 aromatic rings. The molecule has 114 valence electrons. The third-order valence-corrected chi connectivity index (χ3v) is 4.84. The Hall–Kier alpha value is -1.32. The number of aryl methyl sites for hydroxylation is 2. The van der Waals surface area contributed by atoms with Gasteiger partial charge in [-0.2, -0.15) is 0 Å². The summed E-state index contributed by atoms with van der Waals surface area (Å²) in [5.41, 5.74) is 10.0. The van der Waals surface area contributed by atoms with Crippen LogP contribution in [0.1, 0.15) is 54.4 Å². The van der Waals surface area contributed by atoms with Crippen LogP contribution in [-0.4, -0.2) is 6.04 Å². The highest BCUT2D eigenvalue weighted by atomic mass is 32.1. The zero-order chi connectivity index (χ0) is 15.6. The molecule has 1 aromatic heterocycles. The van der Waals surface area contributed by atoms with E-state index in [0.717, 1.165) is 5.75 Å². The molecule has 2 nitrogen and oxygen atoms in total. The van der Waals surface area contributed by atoms with Gasteiger partial charge in [0.2, 0.25) is 0 Å². The Balaban J connectivity index is 2.26. The summed E-state index contributed by atoms with van der Waals surface area (Å²) < 4.78 is 6.20. The maximum Gasteiger partial charge on any atom is 0.148 e. The van der Waals surface area contributed by atoms with Crippen molar-refractivity contribution >= 4 is 11.3 Å². The largest absolute Gasteiger partial charge is 0.483 e. The molecule has 21 heavy (non-hydrogen) atoms. The molecular weight excluding hydrogens is 278 g/mol. The zero-order valence-electron chi connectivity index (χ0n) is 13.5. The van der Waals surface area contributed by atoms with Crippen LogP contribution in [-0.2, 0) is 0 Å². The van der Waals surface area contributed by atoms with Crippen molar-refractivity contribution in [2.24, 2.45) is 5.73 Å². The molecule has 0 saturated heterocycles. The van der Waals surface area contributed by atoms with Crippen LogP contribution < -0.4 is 10.5 Å². The number of rotatable bonds is 5. The Morgan fingerprint density at radius 2 is 1.76 bits per heavy atom. The summed E-state index contributed by atoms with van der Waals surface area (Å²) in [5, 5.41) is 2.09. The fourth-order valence-electron chi connectivity index (χ4n) is 2.59. The molecule has 0 amide bonds. The molecule has 2 rings (SSSR count). The van der Waals surface area contributed by atoms with Gasteiger partial charge in [0.1, 0.15) is 11.9 Å². The SMILES string of the molecule is Cc1cc(OC(c2sccc2C)C(C)N)ccc1C(C)C. The van der Waals surface area contributed by atoms with Crippen LogP contribution in [0.25, 0.3) is 0 Å². The first-order valence-corrected chi connectivity index (χ1v) is 8.35. The highest BCUT2D eigenvalue weighted by molar-refractivity contribution is 7.10. The lowest BCUT2D eigenvalue weighted by molar-refractivity contribution is 0.183. The molecule has 0 aliphatic carbocycles. The van der Waals surface area contributed by atoms with Crippen LogP contribution in [0.4, 0.5) is 0 Å². The van der Waals surface area contributed by atoms with E-state index in [2.05, 4.69) is 57.3 Å². The summed E-state index contributed by atoms with van der Waals surface area (Å²) in [5.74, 6) is 1.43. The normalized spacial score (nSPS) is 14.2. The van der Waals surface area contributed by atoms with Gasteiger partial charge in [-0.05, 0) is 67.0 Å². The van der Waals surface area contributed by atoms with E-state index in [1.807, 2.05) is 6.92 Å². The van der Waals surface area contributed by atoms with Gasteiger partial charge >= 0.3 is 0 Å².